The van der Waals surface area contributed by atoms with E-state index in [4.69, 9.17) is 5.41 Å². The van der Waals surface area contributed by atoms with Crippen molar-refractivity contribution in [2.75, 3.05) is 13.1 Å². The second-order valence-corrected chi connectivity index (χ2v) is 9.55. The van der Waals surface area contributed by atoms with Crippen LogP contribution in [0.4, 0.5) is 0 Å². The molecule has 2 amide bonds. The second kappa shape index (κ2) is 11.9. The Bertz CT molecular complexity index is 1180. The molecule has 0 unspecified atom stereocenters. The third-order valence-corrected chi connectivity index (χ3v) is 6.92. The van der Waals surface area contributed by atoms with Crippen molar-refractivity contribution in [3.8, 4) is 0 Å². The predicted octanol–water partition coefficient (Wildman–Crippen LogP) is 5.54. The highest BCUT2D eigenvalue weighted by atomic mass is 16.2. The number of guanidine groups is 1. The summed E-state index contributed by atoms with van der Waals surface area (Å²) in [5, 5.41) is 11.9. The third kappa shape index (κ3) is 5.43. The Kier molecular flexibility index (Phi) is 8.39. The Labute approximate surface area is 219 Å². The molecule has 1 fully saturated rings. The van der Waals surface area contributed by atoms with Crippen molar-refractivity contribution < 1.29 is 9.59 Å². The number of amides is 2. The summed E-state index contributed by atoms with van der Waals surface area (Å²) < 4.78 is 0. The van der Waals surface area contributed by atoms with Crippen LogP contribution in [0.15, 0.2) is 84.9 Å². The molecule has 1 aliphatic rings. The summed E-state index contributed by atoms with van der Waals surface area (Å²) in [7, 11) is 0. The molecule has 0 aliphatic carbocycles. The molecule has 1 heterocycles. The van der Waals surface area contributed by atoms with E-state index in [9.17, 15) is 9.59 Å². The molecule has 0 bridgehead atoms. The average Bonchev–Trinajstić information content (AvgIpc) is 3.19. The lowest BCUT2D eigenvalue weighted by Gasteiger charge is -2.28. The molecule has 0 radical (unpaired) electrons. The largest absolute Gasteiger partial charge is 0.339 e. The van der Waals surface area contributed by atoms with E-state index in [-0.39, 0.29) is 24.3 Å². The van der Waals surface area contributed by atoms with Crippen LogP contribution in [-0.2, 0) is 16.9 Å². The fourth-order valence-electron chi connectivity index (χ4n) is 4.87. The van der Waals surface area contributed by atoms with Gasteiger partial charge >= 0.3 is 0 Å². The Hall–Kier alpha value is -3.93. The van der Waals surface area contributed by atoms with Gasteiger partial charge in [-0.3, -0.25) is 19.9 Å². The number of rotatable bonds is 11. The zero-order valence-corrected chi connectivity index (χ0v) is 21.7. The van der Waals surface area contributed by atoms with Crippen LogP contribution in [-0.4, -0.2) is 40.7 Å². The first-order valence-corrected chi connectivity index (χ1v) is 13.2. The molecule has 6 nitrogen and oxygen atoms in total. The van der Waals surface area contributed by atoms with E-state index in [0.29, 0.717) is 5.56 Å². The van der Waals surface area contributed by atoms with E-state index >= 15 is 0 Å². The first-order valence-electron chi connectivity index (χ1n) is 13.2. The van der Waals surface area contributed by atoms with Crippen molar-refractivity contribution in [1.82, 2.24) is 15.1 Å². The second-order valence-electron chi connectivity index (χ2n) is 9.55. The Morgan fingerprint density at radius 1 is 0.865 bits per heavy atom. The zero-order chi connectivity index (χ0) is 26.3. The molecular formula is C31H36N4O2. The van der Waals surface area contributed by atoms with Crippen LogP contribution in [0.3, 0.4) is 0 Å². The Morgan fingerprint density at radius 3 is 1.97 bits per heavy atom. The number of hydrogen-bond donors (Lipinski definition) is 2. The van der Waals surface area contributed by atoms with Crippen LogP contribution in [0.5, 0.6) is 0 Å². The van der Waals surface area contributed by atoms with E-state index in [1.807, 2.05) is 89.8 Å². The molecule has 2 N–H and O–H groups in total. The number of nitrogens with zero attached hydrogens (tertiary/aromatic N) is 2. The first-order chi connectivity index (χ1) is 18.0. The first kappa shape index (κ1) is 26.1. The van der Waals surface area contributed by atoms with Gasteiger partial charge in [0.2, 0.25) is 0 Å². The van der Waals surface area contributed by atoms with E-state index in [0.717, 1.165) is 55.5 Å². The maximum atomic E-state index is 14.1. The number of carbonyl (C=O) groups excluding carboxylic acids is 2. The molecule has 4 rings (SSSR count). The topological polar surface area (TPSA) is 76.5 Å². The molecular weight excluding hydrogens is 460 g/mol. The highest BCUT2D eigenvalue weighted by molar-refractivity contribution is 6.10. The normalized spacial score (nSPS) is 14.5. The van der Waals surface area contributed by atoms with Crippen LogP contribution < -0.4 is 5.32 Å². The summed E-state index contributed by atoms with van der Waals surface area (Å²) in [6.07, 6.45) is 4.02. The lowest BCUT2D eigenvalue weighted by molar-refractivity contribution is -0.130. The van der Waals surface area contributed by atoms with Crippen molar-refractivity contribution >= 4 is 17.8 Å². The molecule has 3 aromatic carbocycles. The summed E-state index contributed by atoms with van der Waals surface area (Å²) in [5.41, 5.74) is 1.82. The molecule has 1 aliphatic heterocycles. The molecule has 0 atom stereocenters. The summed E-state index contributed by atoms with van der Waals surface area (Å²) in [6.45, 7) is 5.95. The summed E-state index contributed by atoms with van der Waals surface area (Å²) >= 11 is 0. The summed E-state index contributed by atoms with van der Waals surface area (Å²) in [4.78, 5) is 30.8. The highest BCUT2D eigenvalue weighted by Crippen LogP contribution is 2.36. The summed E-state index contributed by atoms with van der Waals surface area (Å²) in [5.74, 6) is -0.145. The minimum Gasteiger partial charge on any atom is -0.339 e. The van der Waals surface area contributed by atoms with E-state index in [1.54, 1.807) is 0 Å². The quantitative estimate of drug-likeness (QED) is 0.366. The number of hydrogen-bond acceptors (Lipinski definition) is 3. The van der Waals surface area contributed by atoms with Crippen molar-refractivity contribution in [1.29, 1.82) is 5.41 Å². The molecule has 6 heteroatoms. The van der Waals surface area contributed by atoms with Gasteiger partial charge in [0, 0.05) is 18.7 Å². The lowest BCUT2D eigenvalue weighted by Crippen LogP contribution is -2.45. The van der Waals surface area contributed by atoms with Crippen molar-refractivity contribution in [3.05, 3.63) is 107 Å². The van der Waals surface area contributed by atoms with Crippen molar-refractivity contribution in [2.24, 2.45) is 0 Å². The number of unbranched alkanes of at least 4 members (excludes halogenated alkanes) is 2. The fourth-order valence-corrected chi connectivity index (χ4v) is 4.87. The molecule has 37 heavy (non-hydrogen) atoms. The van der Waals surface area contributed by atoms with Gasteiger partial charge in [-0.15, -0.1) is 0 Å². The van der Waals surface area contributed by atoms with Gasteiger partial charge in [-0.2, -0.15) is 0 Å². The van der Waals surface area contributed by atoms with Gasteiger partial charge in [-0.1, -0.05) is 99.5 Å². The zero-order valence-electron chi connectivity index (χ0n) is 21.7. The standard InChI is InChI=1S/C31H36N4O2/c1-3-5-20-34(21-6-4-2)28(36)25-15-13-14-24(22-25)23-35-29(37)31(33-30(35)32,26-16-9-7-10-17-26)27-18-11-8-12-19-27/h7-19,22H,3-6,20-21,23H2,1-2H3,(H2,32,33). The molecule has 0 saturated carbocycles. The van der Waals surface area contributed by atoms with Crippen LogP contribution in [0.2, 0.25) is 0 Å². The maximum absolute atomic E-state index is 14.1. The minimum absolute atomic E-state index is 0.0209. The van der Waals surface area contributed by atoms with Crippen molar-refractivity contribution in [3.63, 3.8) is 0 Å². The monoisotopic (exact) mass is 496 g/mol. The smallest absolute Gasteiger partial charge is 0.264 e. The van der Waals surface area contributed by atoms with E-state index in [2.05, 4.69) is 19.2 Å². The summed E-state index contributed by atoms with van der Waals surface area (Å²) in [6, 6.07) is 26.5. The molecule has 0 aromatic heterocycles. The Morgan fingerprint density at radius 2 is 1.43 bits per heavy atom. The molecule has 3 aromatic rings. The van der Waals surface area contributed by atoms with Gasteiger partial charge in [-0.25, -0.2) is 0 Å². The molecule has 0 spiro atoms. The van der Waals surface area contributed by atoms with Crippen LogP contribution in [0.25, 0.3) is 0 Å². The highest BCUT2D eigenvalue weighted by Gasteiger charge is 2.52. The predicted molar refractivity (Wildman–Crippen MR) is 147 cm³/mol. The lowest BCUT2D eigenvalue weighted by atomic mass is 9.82. The van der Waals surface area contributed by atoms with E-state index in [1.165, 1.54) is 4.90 Å². The van der Waals surface area contributed by atoms with Crippen LogP contribution in [0, 0.1) is 5.41 Å². The van der Waals surface area contributed by atoms with Crippen molar-refractivity contribution in [2.45, 2.75) is 51.6 Å². The van der Waals surface area contributed by atoms with Crippen LogP contribution in [0.1, 0.15) is 66.6 Å². The number of benzene rings is 3. The minimum atomic E-state index is -1.18. The average molecular weight is 497 g/mol. The third-order valence-electron chi connectivity index (χ3n) is 6.92. The SMILES string of the molecule is CCCCN(CCCC)C(=O)c1cccc(CN2C(=N)NC(c3ccccc3)(c3ccccc3)C2=O)c1. The molecule has 192 valence electrons. The number of nitrogens with one attached hydrogen (secondary N) is 2. The van der Waals surface area contributed by atoms with Gasteiger partial charge in [0.15, 0.2) is 11.5 Å². The number of carbonyl (C=O) groups is 2. The van der Waals surface area contributed by atoms with Gasteiger partial charge < -0.3 is 10.2 Å². The van der Waals surface area contributed by atoms with Gasteiger partial charge in [0.05, 0.1) is 6.54 Å². The van der Waals surface area contributed by atoms with E-state index < -0.39 is 5.54 Å². The fraction of sp³-hybridized carbons (Fsp3) is 0.323. The van der Waals surface area contributed by atoms with Gasteiger partial charge in [0.1, 0.15) is 0 Å². The van der Waals surface area contributed by atoms with Gasteiger partial charge in [-0.05, 0) is 41.7 Å². The maximum Gasteiger partial charge on any atom is 0.264 e. The molecule has 1 saturated heterocycles. The Balaban J connectivity index is 1.62. The van der Waals surface area contributed by atoms with Crippen LogP contribution >= 0.6 is 0 Å². The van der Waals surface area contributed by atoms with Gasteiger partial charge in [0.25, 0.3) is 11.8 Å².